The van der Waals surface area contributed by atoms with E-state index in [1.165, 1.54) is 0 Å². The summed E-state index contributed by atoms with van der Waals surface area (Å²) in [5, 5.41) is 6.41. The number of thiophene rings is 1. The monoisotopic (exact) mass is 500 g/mol. The van der Waals surface area contributed by atoms with Crippen LogP contribution in [0.25, 0.3) is 0 Å². The molecule has 0 saturated carbocycles. The predicted octanol–water partition coefficient (Wildman–Crippen LogP) is 5.40. The molecule has 1 heterocycles. The number of benzene rings is 2. The third kappa shape index (κ3) is 6.36. The maximum absolute atomic E-state index is 13.0. The Kier molecular flexibility index (Phi) is 8.67. The molecular formula is C25H25ClN2O5S. The Balaban J connectivity index is 1.78. The van der Waals surface area contributed by atoms with Crippen molar-refractivity contribution in [2.24, 2.45) is 0 Å². The first-order valence-corrected chi connectivity index (χ1v) is 11.8. The lowest BCUT2D eigenvalue weighted by Crippen LogP contribution is -2.26. The van der Waals surface area contributed by atoms with E-state index in [1.54, 1.807) is 38.1 Å². The number of hydrogen-bond donors (Lipinski definition) is 2. The van der Waals surface area contributed by atoms with Crippen molar-refractivity contribution in [3.8, 4) is 5.75 Å². The molecule has 1 unspecified atom stereocenters. The van der Waals surface area contributed by atoms with Crippen LogP contribution in [0.15, 0.2) is 54.6 Å². The second kappa shape index (κ2) is 11.7. The lowest BCUT2D eigenvalue weighted by Gasteiger charge is -2.14. The molecule has 3 aromatic rings. The van der Waals surface area contributed by atoms with Crippen molar-refractivity contribution in [3.05, 3.63) is 81.2 Å². The summed E-state index contributed by atoms with van der Waals surface area (Å²) in [5.74, 6) is -0.962. The van der Waals surface area contributed by atoms with Gasteiger partial charge in [0.1, 0.15) is 10.8 Å². The van der Waals surface area contributed by atoms with Crippen molar-refractivity contribution in [2.45, 2.75) is 26.8 Å². The number of hydrogen-bond acceptors (Lipinski definition) is 6. The number of ether oxygens (including phenoxy) is 2. The van der Waals surface area contributed by atoms with Crippen LogP contribution in [0.5, 0.6) is 5.75 Å². The molecule has 3 rings (SSSR count). The molecule has 0 aliphatic carbocycles. The van der Waals surface area contributed by atoms with E-state index in [9.17, 15) is 14.4 Å². The summed E-state index contributed by atoms with van der Waals surface area (Å²) in [4.78, 5) is 38.5. The second-order valence-corrected chi connectivity index (χ2v) is 8.83. The molecule has 34 heavy (non-hydrogen) atoms. The topological polar surface area (TPSA) is 93.7 Å². The average molecular weight is 501 g/mol. The van der Waals surface area contributed by atoms with E-state index in [0.29, 0.717) is 21.2 Å². The Morgan fingerprint density at radius 3 is 2.38 bits per heavy atom. The highest BCUT2D eigenvalue weighted by atomic mass is 35.5. The van der Waals surface area contributed by atoms with Gasteiger partial charge in [-0.2, -0.15) is 0 Å². The molecule has 1 atom stereocenters. The van der Waals surface area contributed by atoms with Crippen molar-refractivity contribution >= 4 is 45.7 Å². The Hall–Kier alpha value is -3.36. The smallest absolute Gasteiger partial charge is 0.341 e. The quantitative estimate of drug-likeness (QED) is 0.384. The number of nitrogens with one attached hydrogen (secondary N) is 2. The highest BCUT2D eigenvalue weighted by Crippen LogP contribution is 2.34. The van der Waals surface area contributed by atoms with Gasteiger partial charge in [0, 0.05) is 5.02 Å². The van der Waals surface area contributed by atoms with E-state index in [4.69, 9.17) is 21.1 Å². The van der Waals surface area contributed by atoms with Crippen LogP contribution >= 0.6 is 22.9 Å². The molecule has 1 aromatic heterocycles. The van der Waals surface area contributed by atoms with Crippen molar-refractivity contribution in [3.63, 3.8) is 0 Å². The first kappa shape index (κ1) is 25.3. The largest absolute Gasteiger partial charge is 0.484 e. The summed E-state index contributed by atoms with van der Waals surface area (Å²) >= 11 is 6.87. The highest BCUT2D eigenvalue weighted by Gasteiger charge is 2.27. The van der Waals surface area contributed by atoms with Crippen LogP contribution in [-0.4, -0.2) is 31.0 Å². The molecule has 0 fully saturated rings. The zero-order valence-electron chi connectivity index (χ0n) is 19.0. The molecule has 2 aromatic carbocycles. The average Bonchev–Trinajstić information content (AvgIpc) is 3.15. The van der Waals surface area contributed by atoms with Crippen molar-refractivity contribution in [2.75, 3.05) is 18.5 Å². The summed E-state index contributed by atoms with van der Waals surface area (Å²) < 4.78 is 10.6. The molecule has 0 spiro atoms. The van der Waals surface area contributed by atoms with E-state index in [2.05, 4.69) is 10.6 Å². The van der Waals surface area contributed by atoms with Gasteiger partial charge < -0.3 is 20.1 Å². The predicted molar refractivity (Wildman–Crippen MR) is 133 cm³/mol. The van der Waals surface area contributed by atoms with E-state index in [0.717, 1.165) is 16.9 Å². The fraction of sp³-hybridized carbons (Fsp3) is 0.240. The van der Waals surface area contributed by atoms with Gasteiger partial charge in [-0.15, -0.1) is 11.3 Å². The second-order valence-electron chi connectivity index (χ2n) is 7.38. The minimum absolute atomic E-state index is 0.157. The fourth-order valence-corrected chi connectivity index (χ4v) is 4.44. The molecule has 0 radical (unpaired) electrons. The highest BCUT2D eigenvalue weighted by molar-refractivity contribution is 7.18. The van der Waals surface area contributed by atoms with Gasteiger partial charge in [0.2, 0.25) is 0 Å². The molecular weight excluding hydrogens is 476 g/mol. The van der Waals surface area contributed by atoms with Gasteiger partial charge in [0.25, 0.3) is 11.8 Å². The molecule has 9 heteroatoms. The first-order chi connectivity index (χ1) is 16.3. The third-order valence-corrected chi connectivity index (χ3v) is 6.37. The van der Waals surface area contributed by atoms with Crippen molar-refractivity contribution < 1.29 is 23.9 Å². The van der Waals surface area contributed by atoms with Crippen LogP contribution in [0.1, 0.15) is 51.0 Å². The Morgan fingerprint density at radius 1 is 1.06 bits per heavy atom. The molecule has 2 N–H and O–H groups in total. The number of carbonyl (C=O) groups excluding carboxylic acids is 3. The zero-order chi connectivity index (χ0) is 24.7. The van der Waals surface area contributed by atoms with Crippen LogP contribution < -0.4 is 15.4 Å². The van der Waals surface area contributed by atoms with E-state index >= 15 is 0 Å². The Bertz CT molecular complexity index is 1160. The van der Waals surface area contributed by atoms with Gasteiger partial charge >= 0.3 is 5.97 Å². The molecule has 0 bridgehead atoms. The molecule has 7 nitrogen and oxygen atoms in total. The Labute approximate surface area is 207 Å². The van der Waals surface area contributed by atoms with E-state index < -0.39 is 11.9 Å². The number of amides is 2. The maximum atomic E-state index is 13.0. The Morgan fingerprint density at radius 2 is 1.74 bits per heavy atom. The SMILES string of the molecule is CCOC(=O)c1c(NC(=O)COc2ccc(Cl)cc2)sc(C(=O)NC(C)c2ccccc2)c1C. The molecule has 178 valence electrons. The first-order valence-electron chi connectivity index (χ1n) is 10.6. The van der Waals surface area contributed by atoms with Gasteiger partial charge in [-0.25, -0.2) is 4.79 Å². The number of esters is 1. The third-order valence-electron chi connectivity index (χ3n) is 4.92. The summed E-state index contributed by atoms with van der Waals surface area (Å²) in [6.07, 6.45) is 0. The van der Waals surface area contributed by atoms with Gasteiger partial charge in [-0.3, -0.25) is 9.59 Å². The summed E-state index contributed by atoms with van der Waals surface area (Å²) in [6.45, 7) is 5.10. The molecule has 0 saturated heterocycles. The zero-order valence-corrected chi connectivity index (χ0v) is 20.6. The lowest BCUT2D eigenvalue weighted by molar-refractivity contribution is -0.118. The maximum Gasteiger partial charge on any atom is 0.341 e. The standard InChI is InChI=1S/C25H25ClN2O5S/c1-4-32-25(31)21-15(2)22(23(30)27-16(3)17-8-6-5-7-9-17)34-24(21)28-20(29)14-33-19-12-10-18(26)11-13-19/h5-13,16H,4,14H2,1-3H3,(H,27,30)(H,28,29). The van der Waals surface area contributed by atoms with Crippen molar-refractivity contribution in [1.82, 2.24) is 5.32 Å². The summed E-state index contributed by atoms with van der Waals surface area (Å²) in [5.41, 5.74) is 1.54. The summed E-state index contributed by atoms with van der Waals surface area (Å²) in [6, 6.07) is 15.9. The lowest BCUT2D eigenvalue weighted by atomic mass is 10.1. The van der Waals surface area contributed by atoms with Crippen LogP contribution in [0.4, 0.5) is 5.00 Å². The molecule has 0 aliphatic rings. The van der Waals surface area contributed by atoms with Gasteiger partial charge in [-0.1, -0.05) is 41.9 Å². The number of carbonyl (C=O) groups is 3. The van der Waals surface area contributed by atoms with Crippen LogP contribution in [0.2, 0.25) is 5.02 Å². The minimum Gasteiger partial charge on any atom is -0.484 e. The van der Waals surface area contributed by atoms with Gasteiger partial charge in [0.15, 0.2) is 6.61 Å². The minimum atomic E-state index is -0.611. The fourth-order valence-electron chi connectivity index (χ4n) is 3.20. The van der Waals surface area contributed by atoms with Crippen LogP contribution in [-0.2, 0) is 9.53 Å². The van der Waals surface area contributed by atoms with Crippen LogP contribution in [0, 0.1) is 6.92 Å². The van der Waals surface area contributed by atoms with E-state index in [-0.39, 0.29) is 35.7 Å². The van der Waals surface area contributed by atoms with Crippen molar-refractivity contribution in [1.29, 1.82) is 0 Å². The number of halogens is 1. The van der Waals surface area contributed by atoms with E-state index in [1.807, 2.05) is 37.3 Å². The normalized spacial score (nSPS) is 11.4. The van der Waals surface area contributed by atoms with Crippen LogP contribution in [0.3, 0.4) is 0 Å². The van der Waals surface area contributed by atoms with Gasteiger partial charge in [-0.05, 0) is 56.2 Å². The molecule has 0 aliphatic heterocycles. The number of anilines is 1. The molecule has 2 amide bonds. The summed E-state index contributed by atoms with van der Waals surface area (Å²) in [7, 11) is 0. The van der Waals surface area contributed by atoms with Gasteiger partial charge in [0.05, 0.1) is 23.1 Å². The number of rotatable bonds is 9.